The van der Waals surface area contributed by atoms with Crippen molar-refractivity contribution in [2.24, 2.45) is 16.6 Å². The van der Waals surface area contributed by atoms with Crippen LogP contribution in [0.15, 0.2) is 47.6 Å². The highest BCUT2D eigenvalue weighted by atomic mass is 16.6. The minimum atomic E-state index is -0.913. The molecule has 0 aromatic heterocycles. The van der Waals surface area contributed by atoms with Gasteiger partial charge in [0.05, 0.1) is 5.70 Å². The van der Waals surface area contributed by atoms with Crippen molar-refractivity contribution >= 4 is 5.90 Å². The van der Waals surface area contributed by atoms with E-state index in [4.69, 9.17) is 16.5 Å². The molecule has 18 heavy (non-hydrogen) atoms. The second kappa shape index (κ2) is 6.90. The average molecular weight is 249 g/mol. The first-order valence-corrected chi connectivity index (χ1v) is 5.73. The zero-order valence-corrected chi connectivity index (χ0v) is 10.4. The summed E-state index contributed by atoms with van der Waals surface area (Å²) in [6.45, 7) is 5.56. The minimum absolute atomic E-state index is 0.197. The molecule has 0 aliphatic rings. The summed E-state index contributed by atoms with van der Waals surface area (Å²) in [7, 11) is 0. The molecule has 98 valence electrons. The van der Waals surface area contributed by atoms with Crippen LogP contribution in [0.5, 0.6) is 0 Å². The Balaban J connectivity index is 2.89. The van der Waals surface area contributed by atoms with Crippen LogP contribution in [-0.2, 0) is 4.84 Å². The van der Waals surface area contributed by atoms with Gasteiger partial charge in [-0.15, -0.1) is 0 Å². The quantitative estimate of drug-likeness (QED) is 0.411. The lowest BCUT2D eigenvalue weighted by molar-refractivity contribution is 0.175. The third kappa shape index (κ3) is 3.66. The Hall–Kier alpha value is -1.69. The number of rotatable bonds is 5. The van der Waals surface area contributed by atoms with Crippen LogP contribution in [0.4, 0.5) is 0 Å². The molecule has 0 aliphatic heterocycles. The molecule has 0 radical (unpaired) electrons. The van der Waals surface area contributed by atoms with Gasteiger partial charge in [-0.3, -0.25) is 0 Å². The summed E-state index contributed by atoms with van der Waals surface area (Å²) in [5, 5.41) is 9.85. The fraction of sp³-hybridized carbons (Fsp3) is 0.308. The fourth-order valence-electron chi connectivity index (χ4n) is 1.41. The molecule has 0 bridgehead atoms. The second-order valence-electron chi connectivity index (χ2n) is 3.91. The summed E-state index contributed by atoms with van der Waals surface area (Å²) >= 11 is 0. The third-order valence-corrected chi connectivity index (χ3v) is 2.60. The molecule has 5 heteroatoms. The van der Waals surface area contributed by atoms with Crippen molar-refractivity contribution in [3.05, 3.63) is 48.2 Å². The topological polar surface area (TPSA) is 93.9 Å². The van der Waals surface area contributed by atoms with E-state index in [1.165, 1.54) is 0 Å². The molecular formula is C13H19N3O2. The lowest BCUT2D eigenvalue weighted by Crippen LogP contribution is -2.35. The summed E-state index contributed by atoms with van der Waals surface area (Å²) in [6, 6.07) is 8.72. The van der Waals surface area contributed by atoms with Crippen LogP contribution in [-0.4, -0.2) is 23.2 Å². The van der Waals surface area contributed by atoms with E-state index in [2.05, 4.69) is 11.6 Å². The van der Waals surface area contributed by atoms with E-state index in [9.17, 15) is 5.11 Å². The van der Waals surface area contributed by atoms with Crippen LogP contribution in [0.1, 0.15) is 18.9 Å². The zero-order chi connectivity index (χ0) is 13.5. The fourth-order valence-corrected chi connectivity index (χ4v) is 1.41. The van der Waals surface area contributed by atoms with E-state index in [-0.39, 0.29) is 11.6 Å². The van der Waals surface area contributed by atoms with Crippen molar-refractivity contribution in [2.45, 2.75) is 25.5 Å². The van der Waals surface area contributed by atoms with Crippen LogP contribution >= 0.6 is 0 Å². The van der Waals surface area contributed by atoms with E-state index in [0.29, 0.717) is 12.0 Å². The number of aliphatic hydroxyl groups excluding tert-OH is 1. The van der Waals surface area contributed by atoms with Crippen molar-refractivity contribution in [3.8, 4) is 0 Å². The van der Waals surface area contributed by atoms with Gasteiger partial charge in [0.15, 0.2) is 0 Å². The highest BCUT2D eigenvalue weighted by Gasteiger charge is 2.17. The molecule has 1 rings (SSSR count). The Labute approximate surface area is 107 Å². The van der Waals surface area contributed by atoms with E-state index in [1.807, 2.05) is 25.1 Å². The molecule has 0 saturated carbocycles. The Morgan fingerprint density at radius 3 is 2.56 bits per heavy atom. The molecule has 2 atom stereocenters. The predicted molar refractivity (Wildman–Crippen MR) is 71.7 cm³/mol. The van der Waals surface area contributed by atoms with E-state index in [1.54, 1.807) is 12.1 Å². The highest BCUT2D eigenvalue weighted by Crippen LogP contribution is 2.10. The molecule has 0 saturated heterocycles. The van der Waals surface area contributed by atoms with Crippen LogP contribution in [0.25, 0.3) is 0 Å². The molecule has 0 heterocycles. The van der Waals surface area contributed by atoms with Crippen molar-refractivity contribution in [2.75, 3.05) is 0 Å². The Kier molecular flexibility index (Phi) is 5.51. The highest BCUT2D eigenvalue weighted by molar-refractivity contribution is 5.94. The molecular weight excluding hydrogens is 230 g/mol. The van der Waals surface area contributed by atoms with Gasteiger partial charge in [0.25, 0.3) is 0 Å². The Bertz CT molecular complexity index is 418. The SMILES string of the molecule is C=C(/N=C(\ON)c1ccccc1)C(O)[C@@H](N)CC. The van der Waals surface area contributed by atoms with E-state index < -0.39 is 12.1 Å². The molecule has 1 unspecified atom stereocenters. The summed E-state index contributed by atoms with van der Waals surface area (Å²) in [4.78, 5) is 8.79. The molecule has 5 nitrogen and oxygen atoms in total. The van der Waals surface area contributed by atoms with Crippen LogP contribution in [0.3, 0.4) is 0 Å². The van der Waals surface area contributed by atoms with E-state index >= 15 is 0 Å². The molecule has 1 aromatic rings. The maximum absolute atomic E-state index is 9.85. The van der Waals surface area contributed by atoms with Gasteiger partial charge in [0.1, 0.15) is 6.10 Å². The summed E-state index contributed by atoms with van der Waals surface area (Å²) in [5.41, 5.74) is 6.66. The first kappa shape index (κ1) is 14.4. The summed E-state index contributed by atoms with van der Waals surface area (Å²) in [6.07, 6.45) is -0.288. The first-order chi connectivity index (χ1) is 8.60. The minimum Gasteiger partial charge on any atom is -0.391 e. The third-order valence-electron chi connectivity index (χ3n) is 2.60. The monoisotopic (exact) mass is 249 g/mol. The maximum Gasteiger partial charge on any atom is 0.245 e. The van der Waals surface area contributed by atoms with Gasteiger partial charge in [0, 0.05) is 11.6 Å². The van der Waals surface area contributed by atoms with Gasteiger partial charge in [-0.1, -0.05) is 31.7 Å². The zero-order valence-electron chi connectivity index (χ0n) is 10.4. The average Bonchev–Trinajstić information content (AvgIpc) is 2.43. The number of aliphatic hydroxyl groups is 1. The lowest BCUT2D eigenvalue weighted by Gasteiger charge is -2.17. The summed E-state index contributed by atoms with van der Waals surface area (Å²) < 4.78 is 0. The van der Waals surface area contributed by atoms with Gasteiger partial charge in [-0.25, -0.2) is 4.99 Å². The van der Waals surface area contributed by atoms with Crippen LogP contribution in [0, 0.1) is 0 Å². The molecule has 1 aromatic carbocycles. The van der Waals surface area contributed by atoms with Crippen LogP contribution in [0.2, 0.25) is 0 Å². The molecule has 0 aliphatic carbocycles. The van der Waals surface area contributed by atoms with Gasteiger partial charge in [-0.05, 0) is 18.6 Å². The number of aliphatic imine (C=N–C) groups is 1. The smallest absolute Gasteiger partial charge is 0.245 e. The largest absolute Gasteiger partial charge is 0.391 e. The Morgan fingerprint density at radius 1 is 1.44 bits per heavy atom. The van der Waals surface area contributed by atoms with Gasteiger partial charge < -0.3 is 15.7 Å². The lowest BCUT2D eigenvalue weighted by atomic mass is 10.1. The van der Waals surface area contributed by atoms with Crippen LogP contribution < -0.4 is 11.6 Å². The molecule has 0 amide bonds. The van der Waals surface area contributed by atoms with Crippen molar-refractivity contribution < 1.29 is 9.94 Å². The van der Waals surface area contributed by atoms with E-state index in [0.717, 1.165) is 0 Å². The number of hydrogen-bond acceptors (Lipinski definition) is 5. The molecule has 0 fully saturated rings. The Morgan fingerprint density at radius 2 is 2.06 bits per heavy atom. The normalized spacial score (nSPS) is 15.0. The van der Waals surface area contributed by atoms with Gasteiger partial charge in [-0.2, -0.15) is 5.90 Å². The van der Waals surface area contributed by atoms with Crippen molar-refractivity contribution in [1.82, 2.24) is 0 Å². The summed E-state index contributed by atoms with van der Waals surface area (Å²) in [5.74, 6) is 5.37. The standard InChI is InChI=1S/C13H19N3O2/c1-3-11(14)12(17)9(2)16-13(18-15)10-7-5-4-6-8-10/h4-8,11-12,17H,2-3,14-15H2,1H3/b16-13-/t11-,12?/m0/s1. The molecule has 5 N–H and O–H groups in total. The number of nitrogens with zero attached hydrogens (tertiary/aromatic N) is 1. The van der Waals surface area contributed by atoms with Gasteiger partial charge in [0.2, 0.25) is 5.90 Å². The number of hydrogen-bond donors (Lipinski definition) is 3. The van der Waals surface area contributed by atoms with Crippen molar-refractivity contribution in [1.29, 1.82) is 0 Å². The number of nitrogens with two attached hydrogens (primary N) is 2. The van der Waals surface area contributed by atoms with Crippen molar-refractivity contribution in [3.63, 3.8) is 0 Å². The molecule has 0 spiro atoms. The number of benzene rings is 1. The second-order valence-corrected chi connectivity index (χ2v) is 3.91. The van der Waals surface area contributed by atoms with Gasteiger partial charge >= 0.3 is 0 Å². The predicted octanol–water partition coefficient (Wildman–Crippen LogP) is 0.935. The first-order valence-electron chi connectivity index (χ1n) is 5.73. The maximum atomic E-state index is 9.85.